The maximum absolute atomic E-state index is 14.1. The normalized spacial score (nSPS) is 18.3. The van der Waals surface area contributed by atoms with Gasteiger partial charge >= 0.3 is 18.2 Å². The number of hydrogen-bond donors (Lipinski definition) is 0. The van der Waals surface area contributed by atoms with Gasteiger partial charge in [0.05, 0.1) is 12.2 Å². The number of ether oxygens (including phenoxy) is 1. The Morgan fingerprint density at radius 1 is 1.11 bits per heavy atom. The summed E-state index contributed by atoms with van der Waals surface area (Å²) in [4.78, 5) is 16.4. The first-order valence-corrected chi connectivity index (χ1v) is 8.72. The zero-order valence-electron chi connectivity index (χ0n) is 14.5. The molecule has 2 heterocycles. The molecule has 9 heteroatoms. The molecule has 1 aliphatic carbocycles. The van der Waals surface area contributed by atoms with Gasteiger partial charge in [-0.1, -0.05) is 6.07 Å². The highest BCUT2D eigenvalue weighted by Gasteiger charge is 2.50. The van der Waals surface area contributed by atoms with Crippen LogP contribution in [-0.2, 0) is 30.4 Å². The summed E-state index contributed by atoms with van der Waals surface area (Å²) in [7, 11) is 0. The largest absolute Gasteiger partial charge is 0.482 e. The molecule has 0 radical (unpaired) electrons. The highest BCUT2D eigenvalue weighted by molar-refractivity contribution is 6.01. The van der Waals surface area contributed by atoms with E-state index in [1.54, 1.807) is 6.07 Å². The number of fused-ring (bicyclic) bond motifs is 2. The summed E-state index contributed by atoms with van der Waals surface area (Å²) in [6.07, 6.45) is -4.30. The van der Waals surface area contributed by atoms with E-state index >= 15 is 0 Å². The van der Waals surface area contributed by atoms with Gasteiger partial charge in [-0.25, -0.2) is 0 Å². The number of alkyl halides is 5. The summed E-state index contributed by atoms with van der Waals surface area (Å²) in [5.41, 5.74) is 1.16. The van der Waals surface area contributed by atoms with Crippen LogP contribution in [0.3, 0.4) is 0 Å². The van der Waals surface area contributed by atoms with Crippen LogP contribution in [-0.4, -0.2) is 17.0 Å². The van der Waals surface area contributed by atoms with Crippen LogP contribution < -0.4 is 9.64 Å². The molecule has 0 unspecified atom stereocenters. The number of aromatic nitrogens is 1. The average molecular weight is 398 g/mol. The Kier molecular flexibility index (Phi) is 4.28. The predicted molar refractivity (Wildman–Crippen MR) is 89.1 cm³/mol. The summed E-state index contributed by atoms with van der Waals surface area (Å²) in [5, 5.41) is 0. The second-order valence-electron chi connectivity index (χ2n) is 6.86. The van der Waals surface area contributed by atoms with E-state index in [9.17, 15) is 26.7 Å². The fraction of sp³-hybridized carbons (Fsp3) is 0.368. The van der Waals surface area contributed by atoms with Crippen molar-refractivity contribution >= 4 is 11.6 Å². The smallest absolute Gasteiger partial charge is 0.423 e. The molecule has 2 aromatic rings. The van der Waals surface area contributed by atoms with Gasteiger partial charge in [0.1, 0.15) is 5.69 Å². The van der Waals surface area contributed by atoms with Crippen LogP contribution in [0.4, 0.5) is 27.6 Å². The van der Waals surface area contributed by atoms with E-state index in [2.05, 4.69) is 9.72 Å². The van der Waals surface area contributed by atoms with E-state index in [0.717, 1.165) is 60.0 Å². The molecule has 0 N–H and O–H groups in total. The van der Waals surface area contributed by atoms with E-state index < -0.39 is 23.9 Å². The van der Waals surface area contributed by atoms with Crippen LogP contribution in [0, 0.1) is 0 Å². The lowest BCUT2D eigenvalue weighted by Gasteiger charge is -2.35. The van der Waals surface area contributed by atoms with Crippen molar-refractivity contribution in [2.45, 2.75) is 44.5 Å². The number of anilines is 1. The SMILES string of the molecule is O=C1N(Cc2ccc(C(F)(F)F)nc2)c2cc3c(cc2OC1(F)F)CCCC3. The molecule has 0 saturated carbocycles. The number of hydrogen-bond acceptors (Lipinski definition) is 3. The van der Waals surface area contributed by atoms with Gasteiger partial charge < -0.3 is 4.74 Å². The van der Waals surface area contributed by atoms with Crippen molar-refractivity contribution in [3.05, 3.63) is 52.8 Å². The molecule has 1 amide bonds. The van der Waals surface area contributed by atoms with Crippen LogP contribution in [0.25, 0.3) is 0 Å². The number of halogens is 5. The molecule has 0 saturated heterocycles. The van der Waals surface area contributed by atoms with Crippen LogP contribution in [0.1, 0.15) is 35.2 Å². The van der Waals surface area contributed by atoms with Crippen molar-refractivity contribution in [3.63, 3.8) is 0 Å². The Balaban J connectivity index is 1.71. The van der Waals surface area contributed by atoms with Gasteiger partial charge in [-0.05, 0) is 60.6 Å². The van der Waals surface area contributed by atoms with Gasteiger partial charge in [0.25, 0.3) is 0 Å². The van der Waals surface area contributed by atoms with E-state index in [0.29, 0.717) is 0 Å². The molecule has 0 fully saturated rings. The molecular formula is C19H15F5N2O2. The summed E-state index contributed by atoms with van der Waals surface area (Å²) in [6, 6.07) is 5.07. The second kappa shape index (κ2) is 6.42. The molecule has 4 rings (SSSR count). The lowest BCUT2D eigenvalue weighted by molar-refractivity contribution is -0.193. The molecule has 2 aliphatic rings. The van der Waals surface area contributed by atoms with Crippen LogP contribution in [0.2, 0.25) is 0 Å². The highest BCUT2D eigenvalue weighted by Crippen LogP contribution is 2.43. The molecule has 1 aliphatic heterocycles. The number of aryl methyl sites for hydroxylation is 2. The van der Waals surface area contributed by atoms with Crippen molar-refractivity contribution in [2.75, 3.05) is 4.90 Å². The molecule has 28 heavy (non-hydrogen) atoms. The van der Waals surface area contributed by atoms with Crippen LogP contribution in [0.5, 0.6) is 5.75 Å². The minimum absolute atomic E-state index is 0.106. The lowest BCUT2D eigenvalue weighted by atomic mass is 9.90. The Morgan fingerprint density at radius 3 is 2.39 bits per heavy atom. The van der Waals surface area contributed by atoms with Crippen molar-refractivity contribution < 1.29 is 31.5 Å². The molecular weight excluding hydrogens is 383 g/mol. The lowest BCUT2D eigenvalue weighted by Crippen LogP contribution is -2.50. The van der Waals surface area contributed by atoms with E-state index in [4.69, 9.17) is 0 Å². The monoisotopic (exact) mass is 398 g/mol. The second-order valence-corrected chi connectivity index (χ2v) is 6.86. The van der Waals surface area contributed by atoms with E-state index in [1.165, 1.54) is 6.07 Å². The maximum atomic E-state index is 14.1. The highest BCUT2D eigenvalue weighted by atomic mass is 19.4. The van der Waals surface area contributed by atoms with Gasteiger partial charge in [-0.2, -0.15) is 22.0 Å². The van der Waals surface area contributed by atoms with Gasteiger partial charge in [0, 0.05) is 6.20 Å². The first-order chi connectivity index (χ1) is 13.1. The standard InChI is InChI=1S/C19H15F5N2O2/c20-18(21,22)16-6-5-11(9-25-16)10-26-14-7-12-3-1-2-4-13(12)8-15(14)28-19(23,24)17(26)27/h5-9H,1-4,10H2. The fourth-order valence-electron chi connectivity index (χ4n) is 3.52. The third kappa shape index (κ3) is 3.29. The summed E-state index contributed by atoms with van der Waals surface area (Å²) in [6.45, 7) is -0.339. The zero-order chi connectivity index (χ0) is 20.1. The average Bonchev–Trinajstić information content (AvgIpc) is 2.63. The first kappa shape index (κ1) is 18.6. The van der Waals surface area contributed by atoms with Gasteiger partial charge in [0.2, 0.25) is 0 Å². The number of carbonyl (C=O) groups is 1. The van der Waals surface area contributed by atoms with Crippen LogP contribution in [0.15, 0.2) is 30.5 Å². The van der Waals surface area contributed by atoms with E-state index in [-0.39, 0.29) is 23.5 Å². The Morgan fingerprint density at radius 2 is 1.79 bits per heavy atom. The number of carbonyl (C=O) groups excluding carboxylic acids is 1. The first-order valence-electron chi connectivity index (χ1n) is 8.72. The minimum Gasteiger partial charge on any atom is -0.423 e. The molecule has 148 valence electrons. The van der Waals surface area contributed by atoms with Gasteiger partial charge in [-0.15, -0.1) is 0 Å². The fourth-order valence-corrected chi connectivity index (χ4v) is 3.52. The maximum Gasteiger partial charge on any atom is 0.482 e. The van der Waals surface area contributed by atoms with Crippen LogP contribution >= 0.6 is 0 Å². The topological polar surface area (TPSA) is 42.4 Å². The predicted octanol–water partition coefficient (Wildman–Crippen LogP) is 4.50. The number of benzene rings is 1. The molecule has 1 aromatic carbocycles. The number of pyridine rings is 1. The number of amides is 1. The van der Waals surface area contributed by atoms with E-state index in [1.807, 2.05) is 0 Å². The molecule has 0 atom stereocenters. The Labute approximate surface area is 156 Å². The van der Waals surface area contributed by atoms with Crippen molar-refractivity contribution in [1.29, 1.82) is 0 Å². The minimum atomic E-state index is -4.61. The summed E-state index contributed by atoms with van der Waals surface area (Å²) < 4.78 is 70.8. The van der Waals surface area contributed by atoms with Crippen molar-refractivity contribution in [2.24, 2.45) is 0 Å². The van der Waals surface area contributed by atoms with Crippen molar-refractivity contribution in [3.8, 4) is 5.75 Å². The zero-order valence-corrected chi connectivity index (χ0v) is 14.5. The summed E-state index contributed by atoms with van der Waals surface area (Å²) in [5.74, 6) is -1.67. The molecule has 4 nitrogen and oxygen atoms in total. The molecule has 1 aromatic heterocycles. The Hall–Kier alpha value is -2.71. The summed E-state index contributed by atoms with van der Waals surface area (Å²) >= 11 is 0. The third-order valence-electron chi connectivity index (χ3n) is 4.90. The number of nitrogens with zero attached hydrogens (tertiary/aromatic N) is 2. The molecule has 0 bridgehead atoms. The van der Waals surface area contributed by atoms with Gasteiger partial charge in [-0.3, -0.25) is 14.7 Å². The number of rotatable bonds is 2. The van der Waals surface area contributed by atoms with Gasteiger partial charge in [0.15, 0.2) is 5.75 Å². The Bertz CT molecular complexity index is 925. The molecule has 0 spiro atoms. The van der Waals surface area contributed by atoms with Crippen molar-refractivity contribution in [1.82, 2.24) is 4.98 Å². The quantitative estimate of drug-likeness (QED) is 0.700. The third-order valence-corrected chi connectivity index (χ3v) is 4.90.